The molecule has 2 aromatic rings. The van der Waals surface area contributed by atoms with Crippen LogP contribution in [-0.4, -0.2) is 15.9 Å². The summed E-state index contributed by atoms with van der Waals surface area (Å²) < 4.78 is 38.3. The minimum Gasteiger partial charge on any atom is -0.365 e. The number of anilines is 2. The molecule has 0 saturated carbocycles. The van der Waals surface area contributed by atoms with E-state index in [-0.39, 0.29) is 11.4 Å². The van der Waals surface area contributed by atoms with Crippen LogP contribution in [0.1, 0.15) is 11.5 Å². The lowest BCUT2D eigenvalue weighted by molar-refractivity contribution is -0.141. The Kier molecular flexibility index (Phi) is 3.40. The first-order valence-electron chi connectivity index (χ1n) is 6.44. The number of para-hydroxylation sites is 2. The van der Waals surface area contributed by atoms with E-state index in [1.54, 1.807) is 24.3 Å². The first kappa shape index (κ1) is 14.8. The highest BCUT2D eigenvalue weighted by Gasteiger charge is 2.34. The van der Waals surface area contributed by atoms with Crippen molar-refractivity contribution in [1.29, 1.82) is 0 Å². The summed E-state index contributed by atoms with van der Waals surface area (Å²) >= 11 is 0. The number of hydrogen-bond acceptors (Lipinski definition) is 5. The van der Waals surface area contributed by atoms with Crippen molar-refractivity contribution >= 4 is 22.9 Å². The third-order valence-corrected chi connectivity index (χ3v) is 3.11. The van der Waals surface area contributed by atoms with Gasteiger partial charge in [-0.3, -0.25) is 4.79 Å². The number of benzene rings is 1. The molecule has 3 rings (SSSR count). The van der Waals surface area contributed by atoms with Gasteiger partial charge in [-0.15, -0.1) is 0 Å². The summed E-state index contributed by atoms with van der Waals surface area (Å²) in [4.78, 5) is 18.9. The van der Waals surface area contributed by atoms with Gasteiger partial charge in [0.15, 0.2) is 5.82 Å². The molecule has 0 aliphatic carbocycles. The molecule has 0 unspecified atom stereocenters. The highest BCUT2D eigenvalue weighted by molar-refractivity contribution is 6.20. The molecule has 1 aromatic carbocycles. The molecule has 6 nitrogen and oxygen atoms in total. The van der Waals surface area contributed by atoms with Crippen LogP contribution in [0.15, 0.2) is 42.3 Å². The summed E-state index contributed by atoms with van der Waals surface area (Å²) in [6.07, 6.45) is -3.72. The predicted molar refractivity (Wildman–Crippen MR) is 76.8 cm³/mol. The van der Waals surface area contributed by atoms with E-state index in [0.29, 0.717) is 11.4 Å². The average molecular weight is 321 g/mol. The molecule has 0 spiro atoms. The molecule has 0 bridgehead atoms. The number of carbonyl (C=O) groups is 1. The van der Waals surface area contributed by atoms with Crippen LogP contribution in [-0.2, 0) is 11.0 Å². The van der Waals surface area contributed by atoms with Crippen molar-refractivity contribution in [3.63, 3.8) is 0 Å². The van der Waals surface area contributed by atoms with E-state index >= 15 is 0 Å². The predicted octanol–water partition coefficient (Wildman–Crippen LogP) is 2.19. The Balaban J connectivity index is 2.08. The largest absolute Gasteiger partial charge is 0.433 e. The van der Waals surface area contributed by atoms with Gasteiger partial charge in [-0.1, -0.05) is 12.1 Å². The van der Waals surface area contributed by atoms with Gasteiger partial charge in [0.25, 0.3) is 5.91 Å². The Bertz CT molecular complexity index is 789. The smallest absolute Gasteiger partial charge is 0.365 e. The van der Waals surface area contributed by atoms with Gasteiger partial charge in [0.1, 0.15) is 17.1 Å². The molecule has 23 heavy (non-hydrogen) atoms. The summed E-state index contributed by atoms with van der Waals surface area (Å²) in [7, 11) is 0. The maximum absolute atomic E-state index is 12.8. The Morgan fingerprint density at radius 2 is 1.70 bits per heavy atom. The average Bonchev–Trinajstić information content (AvgIpc) is 2.89. The van der Waals surface area contributed by atoms with E-state index in [1.807, 2.05) is 0 Å². The maximum atomic E-state index is 12.8. The van der Waals surface area contributed by atoms with Crippen LogP contribution >= 0.6 is 0 Å². The van der Waals surface area contributed by atoms with Gasteiger partial charge in [-0.05, 0) is 18.2 Å². The SMILES string of the molecule is NC(=O)C(=C1Nc2ccccc2N1)c1nccc(C(F)(F)F)n1. The number of aromatic nitrogens is 2. The minimum absolute atomic E-state index is 0.137. The van der Waals surface area contributed by atoms with Crippen molar-refractivity contribution in [3.8, 4) is 0 Å². The zero-order valence-corrected chi connectivity index (χ0v) is 11.5. The topological polar surface area (TPSA) is 92.9 Å². The van der Waals surface area contributed by atoms with Gasteiger partial charge >= 0.3 is 6.18 Å². The van der Waals surface area contributed by atoms with Crippen LogP contribution in [0.5, 0.6) is 0 Å². The normalized spacial score (nSPS) is 13.1. The summed E-state index contributed by atoms with van der Waals surface area (Å²) in [6, 6.07) is 7.72. The highest BCUT2D eigenvalue weighted by Crippen LogP contribution is 2.33. The third kappa shape index (κ3) is 2.80. The summed E-state index contributed by atoms with van der Waals surface area (Å²) in [5.74, 6) is -1.22. The maximum Gasteiger partial charge on any atom is 0.433 e. The van der Waals surface area contributed by atoms with Gasteiger partial charge in [0.2, 0.25) is 0 Å². The first-order chi connectivity index (χ1) is 10.9. The number of rotatable bonds is 2. The van der Waals surface area contributed by atoms with Crippen LogP contribution in [0.25, 0.3) is 5.57 Å². The fourth-order valence-corrected chi connectivity index (χ4v) is 2.11. The van der Waals surface area contributed by atoms with Crippen LogP contribution in [0.2, 0.25) is 0 Å². The lowest BCUT2D eigenvalue weighted by Gasteiger charge is -2.10. The van der Waals surface area contributed by atoms with Crippen LogP contribution < -0.4 is 16.4 Å². The standard InChI is InChI=1S/C14H10F3N5O/c15-14(16,17)9-5-6-19-12(22-9)10(11(18)23)13-20-7-3-1-2-4-8(7)21-13/h1-6,20-21H,(H2,18,23). The van der Waals surface area contributed by atoms with Crippen LogP contribution in [0.4, 0.5) is 24.5 Å². The number of halogens is 3. The fourth-order valence-electron chi connectivity index (χ4n) is 2.11. The molecule has 4 N–H and O–H groups in total. The van der Waals surface area contributed by atoms with Crippen molar-refractivity contribution in [2.75, 3.05) is 10.6 Å². The molecule has 9 heteroatoms. The van der Waals surface area contributed by atoms with Crippen LogP contribution in [0.3, 0.4) is 0 Å². The number of nitrogens with two attached hydrogens (primary N) is 1. The number of amides is 1. The van der Waals surface area contributed by atoms with E-state index < -0.39 is 23.6 Å². The lowest BCUT2D eigenvalue weighted by Crippen LogP contribution is -2.21. The van der Waals surface area contributed by atoms with Crippen molar-refractivity contribution in [2.24, 2.45) is 5.73 Å². The van der Waals surface area contributed by atoms with Gasteiger partial charge in [0.05, 0.1) is 11.4 Å². The summed E-state index contributed by atoms with van der Waals surface area (Å²) in [6.45, 7) is 0. The monoisotopic (exact) mass is 321 g/mol. The van der Waals surface area contributed by atoms with Gasteiger partial charge in [-0.2, -0.15) is 13.2 Å². The fraction of sp³-hybridized carbons (Fsp3) is 0.0714. The minimum atomic E-state index is -4.65. The van der Waals surface area contributed by atoms with E-state index in [0.717, 1.165) is 12.3 Å². The molecule has 0 atom stereocenters. The summed E-state index contributed by atoms with van der Waals surface area (Å²) in [5, 5.41) is 5.76. The number of carbonyl (C=O) groups excluding carboxylic acids is 1. The molecule has 1 aromatic heterocycles. The van der Waals surface area contributed by atoms with Crippen molar-refractivity contribution in [3.05, 3.63) is 53.9 Å². The van der Waals surface area contributed by atoms with E-state index in [4.69, 9.17) is 5.73 Å². The van der Waals surface area contributed by atoms with E-state index in [1.165, 1.54) is 0 Å². The Morgan fingerprint density at radius 3 is 2.22 bits per heavy atom. The van der Waals surface area contributed by atoms with Crippen LogP contribution in [0, 0.1) is 0 Å². The molecule has 1 aliphatic rings. The Morgan fingerprint density at radius 1 is 1.09 bits per heavy atom. The molecule has 0 radical (unpaired) electrons. The van der Waals surface area contributed by atoms with Gasteiger partial charge < -0.3 is 16.4 Å². The summed E-state index contributed by atoms with van der Waals surface area (Å²) in [5.41, 5.74) is 5.21. The number of alkyl halides is 3. The Labute approximate surface area is 128 Å². The quantitative estimate of drug-likeness (QED) is 0.737. The van der Waals surface area contributed by atoms with Gasteiger partial charge in [-0.25, -0.2) is 9.97 Å². The second-order valence-electron chi connectivity index (χ2n) is 4.67. The number of hydrogen-bond donors (Lipinski definition) is 3. The third-order valence-electron chi connectivity index (χ3n) is 3.11. The second-order valence-corrected chi connectivity index (χ2v) is 4.67. The first-order valence-corrected chi connectivity index (χ1v) is 6.44. The molecule has 2 heterocycles. The highest BCUT2D eigenvalue weighted by atomic mass is 19.4. The zero-order chi connectivity index (χ0) is 16.6. The molecular formula is C14H10F3N5O. The molecule has 1 aliphatic heterocycles. The molecule has 1 amide bonds. The zero-order valence-electron chi connectivity index (χ0n) is 11.5. The number of primary amides is 1. The van der Waals surface area contributed by atoms with Crippen molar-refractivity contribution in [1.82, 2.24) is 9.97 Å². The lowest BCUT2D eigenvalue weighted by atomic mass is 10.2. The van der Waals surface area contributed by atoms with Gasteiger partial charge in [0, 0.05) is 6.20 Å². The van der Waals surface area contributed by atoms with E-state index in [2.05, 4.69) is 20.6 Å². The number of nitrogens with one attached hydrogen (secondary N) is 2. The molecule has 118 valence electrons. The molecule has 0 saturated heterocycles. The number of nitrogens with zero attached hydrogens (tertiary/aromatic N) is 2. The number of fused-ring (bicyclic) bond motifs is 1. The second kappa shape index (κ2) is 5.27. The molecule has 0 fully saturated rings. The molecular weight excluding hydrogens is 311 g/mol. The van der Waals surface area contributed by atoms with Crippen molar-refractivity contribution < 1.29 is 18.0 Å². The van der Waals surface area contributed by atoms with Crippen molar-refractivity contribution in [2.45, 2.75) is 6.18 Å². The Hall–Kier alpha value is -3.10. The van der Waals surface area contributed by atoms with E-state index in [9.17, 15) is 18.0 Å².